The van der Waals surface area contributed by atoms with Crippen molar-refractivity contribution in [2.45, 2.75) is 26.2 Å². The minimum Gasteiger partial charge on any atom is -0.396 e. The zero-order valence-corrected chi connectivity index (χ0v) is 12.7. The molecule has 2 amide bonds. The molecule has 0 bridgehead atoms. The summed E-state index contributed by atoms with van der Waals surface area (Å²) in [5.41, 5.74) is 2.44. The molecule has 1 aliphatic rings. The van der Waals surface area contributed by atoms with Crippen LogP contribution in [0.2, 0.25) is 0 Å². The summed E-state index contributed by atoms with van der Waals surface area (Å²) in [6, 6.07) is 9.33. The van der Waals surface area contributed by atoms with Crippen molar-refractivity contribution in [3.8, 4) is 0 Å². The normalized spacial score (nSPS) is 16.1. The number of anilines is 1. The van der Waals surface area contributed by atoms with Crippen LogP contribution < -0.4 is 10.6 Å². The van der Waals surface area contributed by atoms with E-state index in [1.165, 1.54) is 0 Å². The lowest BCUT2D eigenvalue weighted by Gasteiger charge is -2.40. The third-order valence-corrected chi connectivity index (χ3v) is 4.49. The second-order valence-electron chi connectivity index (χ2n) is 6.14. The number of urea groups is 1. The number of hydrogen-bond acceptors (Lipinski definition) is 3. The van der Waals surface area contributed by atoms with Crippen molar-refractivity contribution in [2.75, 3.05) is 18.5 Å². The number of hydrogen-bond donors (Lipinski definition) is 3. The Bertz CT molecular complexity index is 690. The summed E-state index contributed by atoms with van der Waals surface area (Å²) in [5, 5.41) is 16.1. The van der Waals surface area contributed by atoms with Crippen LogP contribution in [0.4, 0.5) is 10.5 Å². The fraction of sp³-hybridized carbons (Fsp3) is 0.412. The van der Waals surface area contributed by atoms with Crippen LogP contribution in [-0.2, 0) is 0 Å². The quantitative estimate of drug-likeness (QED) is 0.812. The summed E-state index contributed by atoms with van der Waals surface area (Å²) >= 11 is 0. The zero-order valence-electron chi connectivity index (χ0n) is 12.7. The monoisotopic (exact) mass is 299 g/mol. The highest BCUT2D eigenvalue weighted by atomic mass is 16.3. The number of nitrogens with zero attached hydrogens (tertiary/aromatic N) is 1. The predicted octanol–water partition coefficient (Wildman–Crippen LogP) is 2.83. The van der Waals surface area contributed by atoms with Crippen LogP contribution in [0.5, 0.6) is 0 Å². The van der Waals surface area contributed by atoms with Gasteiger partial charge in [0.15, 0.2) is 0 Å². The van der Waals surface area contributed by atoms with E-state index in [4.69, 9.17) is 0 Å². The number of carbonyl (C=O) groups excluding carboxylic acids is 1. The first-order chi connectivity index (χ1) is 10.6. The van der Waals surface area contributed by atoms with Gasteiger partial charge in [-0.05, 0) is 44.0 Å². The molecule has 22 heavy (non-hydrogen) atoms. The number of pyridine rings is 1. The number of carbonyl (C=O) groups is 1. The molecule has 1 aromatic heterocycles. The predicted molar refractivity (Wildman–Crippen MR) is 86.9 cm³/mol. The molecule has 116 valence electrons. The number of benzene rings is 1. The van der Waals surface area contributed by atoms with Crippen LogP contribution in [-0.4, -0.2) is 29.3 Å². The van der Waals surface area contributed by atoms with E-state index in [-0.39, 0.29) is 18.1 Å². The molecule has 3 N–H and O–H groups in total. The molecule has 0 radical (unpaired) electrons. The number of amides is 2. The maximum atomic E-state index is 12.1. The van der Waals surface area contributed by atoms with Crippen LogP contribution in [0.25, 0.3) is 10.9 Å². The lowest BCUT2D eigenvalue weighted by atomic mass is 9.69. The number of fused-ring (bicyclic) bond motifs is 1. The van der Waals surface area contributed by atoms with E-state index in [0.717, 1.165) is 41.5 Å². The fourth-order valence-electron chi connectivity index (χ4n) is 2.87. The van der Waals surface area contributed by atoms with Crippen LogP contribution >= 0.6 is 0 Å². The summed E-state index contributed by atoms with van der Waals surface area (Å²) in [5.74, 6) is 0. The molecule has 5 heteroatoms. The van der Waals surface area contributed by atoms with E-state index < -0.39 is 0 Å². The van der Waals surface area contributed by atoms with Gasteiger partial charge in [-0.1, -0.05) is 12.5 Å². The minimum absolute atomic E-state index is 0.116. The molecule has 1 aromatic carbocycles. The molecule has 1 fully saturated rings. The first-order valence-corrected chi connectivity index (χ1v) is 7.64. The summed E-state index contributed by atoms with van der Waals surface area (Å²) in [7, 11) is 0. The summed E-state index contributed by atoms with van der Waals surface area (Å²) in [6.07, 6.45) is 3.07. The van der Waals surface area contributed by atoms with Gasteiger partial charge in [-0.25, -0.2) is 4.79 Å². The first-order valence-electron chi connectivity index (χ1n) is 7.64. The highest BCUT2D eigenvalue weighted by Crippen LogP contribution is 2.39. The van der Waals surface area contributed by atoms with E-state index in [1.807, 2.05) is 37.3 Å². The van der Waals surface area contributed by atoms with Crippen LogP contribution in [0.1, 0.15) is 25.0 Å². The Kier molecular flexibility index (Phi) is 3.98. The van der Waals surface area contributed by atoms with Gasteiger partial charge < -0.3 is 15.7 Å². The van der Waals surface area contributed by atoms with E-state index >= 15 is 0 Å². The van der Waals surface area contributed by atoms with Gasteiger partial charge in [-0.3, -0.25) is 4.98 Å². The Morgan fingerprint density at radius 2 is 2.14 bits per heavy atom. The van der Waals surface area contributed by atoms with E-state index in [2.05, 4.69) is 15.6 Å². The smallest absolute Gasteiger partial charge is 0.319 e. The molecule has 0 saturated heterocycles. The van der Waals surface area contributed by atoms with Gasteiger partial charge in [0.1, 0.15) is 0 Å². The van der Waals surface area contributed by atoms with Gasteiger partial charge in [0.2, 0.25) is 0 Å². The highest BCUT2D eigenvalue weighted by molar-refractivity contribution is 6.00. The molecule has 0 unspecified atom stereocenters. The minimum atomic E-state index is -0.243. The zero-order chi connectivity index (χ0) is 15.6. The lowest BCUT2D eigenvalue weighted by Crippen LogP contribution is -2.45. The molecule has 3 rings (SSSR count). The third-order valence-electron chi connectivity index (χ3n) is 4.49. The largest absolute Gasteiger partial charge is 0.396 e. The van der Waals surface area contributed by atoms with Crippen molar-refractivity contribution in [3.63, 3.8) is 0 Å². The van der Waals surface area contributed by atoms with Gasteiger partial charge in [0.25, 0.3) is 0 Å². The maximum Gasteiger partial charge on any atom is 0.319 e. The van der Waals surface area contributed by atoms with Crippen molar-refractivity contribution < 1.29 is 9.90 Å². The summed E-state index contributed by atoms with van der Waals surface area (Å²) < 4.78 is 0. The molecular formula is C17H21N3O2. The van der Waals surface area contributed by atoms with Crippen molar-refractivity contribution in [3.05, 3.63) is 36.0 Å². The molecule has 5 nitrogen and oxygen atoms in total. The molecular weight excluding hydrogens is 278 g/mol. The molecule has 1 heterocycles. The van der Waals surface area contributed by atoms with Gasteiger partial charge in [0.05, 0.1) is 17.8 Å². The number of aromatic nitrogens is 1. The Morgan fingerprint density at radius 1 is 1.32 bits per heavy atom. The van der Waals surface area contributed by atoms with Crippen molar-refractivity contribution in [2.24, 2.45) is 5.41 Å². The topological polar surface area (TPSA) is 74.2 Å². The second kappa shape index (κ2) is 5.93. The number of aryl methyl sites for hydroxylation is 1. The number of aliphatic hydroxyl groups is 1. The average molecular weight is 299 g/mol. The molecule has 1 aliphatic carbocycles. The van der Waals surface area contributed by atoms with Crippen LogP contribution in [0.15, 0.2) is 30.3 Å². The Labute approximate surface area is 129 Å². The summed E-state index contributed by atoms with van der Waals surface area (Å²) in [6.45, 7) is 2.58. The second-order valence-corrected chi connectivity index (χ2v) is 6.14. The van der Waals surface area contributed by atoms with E-state index in [9.17, 15) is 9.90 Å². The van der Waals surface area contributed by atoms with Gasteiger partial charge in [-0.2, -0.15) is 0 Å². The summed E-state index contributed by atoms with van der Waals surface area (Å²) in [4.78, 5) is 16.6. The van der Waals surface area contributed by atoms with Gasteiger partial charge in [-0.15, -0.1) is 0 Å². The standard InChI is InChI=1S/C17H21N3O2/c1-12-6-7-13-14(19-12)4-2-5-15(13)20-16(22)18-10-17(11-21)8-3-9-17/h2,4-7,21H,3,8-11H2,1H3,(H2,18,20,22). The van der Waals surface area contributed by atoms with Gasteiger partial charge in [0, 0.05) is 23.0 Å². The molecule has 0 atom stereocenters. The highest BCUT2D eigenvalue weighted by Gasteiger charge is 2.36. The van der Waals surface area contributed by atoms with E-state index in [1.54, 1.807) is 0 Å². The van der Waals surface area contributed by atoms with Gasteiger partial charge >= 0.3 is 6.03 Å². The third kappa shape index (κ3) is 2.90. The van der Waals surface area contributed by atoms with Crippen LogP contribution in [0.3, 0.4) is 0 Å². The Morgan fingerprint density at radius 3 is 2.82 bits per heavy atom. The molecule has 0 aliphatic heterocycles. The number of nitrogens with one attached hydrogen (secondary N) is 2. The first kappa shape index (κ1) is 14.8. The molecule has 1 saturated carbocycles. The SMILES string of the molecule is Cc1ccc2c(NC(=O)NCC3(CO)CCC3)cccc2n1. The Hall–Kier alpha value is -2.14. The lowest BCUT2D eigenvalue weighted by molar-refractivity contribution is 0.0476. The van der Waals surface area contributed by atoms with Crippen LogP contribution in [0, 0.1) is 12.3 Å². The van der Waals surface area contributed by atoms with Crippen molar-refractivity contribution >= 4 is 22.6 Å². The van der Waals surface area contributed by atoms with Crippen molar-refractivity contribution in [1.29, 1.82) is 0 Å². The average Bonchev–Trinajstić information content (AvgIpc) is 2.46. The fourth-order valence-corrected chi connectivity index (χ4v) is 2.87. The Balaban J connectivity index is 1.69. The van der Waals surface area contributed by atoms with Crippen molar-refractivity contribution in [1.82, 2.24) is 10.3 Å². The number of rotatable bonds is 4. The number of aliphatic hydroxyl groups excluding tert-OH is 1. The molecule has 2 aromatic rings. The maximum absolute atomic E-state index is 12.1. The van der Waals surface area contributed by atoms with E-state index in [0.29, 0.717) is 6.54 Å². The molecule has 0 spiro atoms.